The summed E-state index contributed by atoms with van der Waals surface area (Å²) in [7, 11) is 1.32. The second-order valence-corrected chi connectivity index (χ2v) is 9.89. The zero-order chi connectivity index (χ0) is 26.9. The molecule has 2 N–H and O–H groups in total. The van der Waals surface area contributed by atoms with Crippen LogP contribution < -0.4 is 5.73 Å². The van der Waals surface area contributed by atoms with Crippen molar-refractivity contribution in [3.63, 3.8) is 0 Å². The number of nitrogens with zero attached hydrogens (tertiary/aromatic N) is 4. The molecule has 0 bridgehead atoms. The molecule has 1 unspecified atom stereocenters. The third-order valence-electron chi connectivity index (χ3n) is 7.45. The third kappa shape index (κ3) is 4.88. The second-order valence-electron chi connectivity index (χ2n) is 9.89. The smallest absolute Gasteiger partial charge is 0.438 e. The van der Waals surface area contributed by atoms with Gasteiger partial charge in [-0.1, -0.05) is 54.6 Å². The minimum atomic E-state index is -0.674. The number of carbonyl (C=O) groups excluding carboxylic acids is 2. The molecule has 6 rings (SSSR count). The molecular weight excluding hydrogens is 494 g/mol. The van der Waals surface area contributed by atoms with Crippen molar-refractivity contribution in [2.75, 3.05) is 19.4 Å². The first-order chi connectivity index (χ1) is 19.0. The average molecular weight is 524 g/mol. The lowest BCUT2D eigenvalue weighted by Crippen LogP contribution is -2.33. The van der Waals surface area contributed by atoms with E-state index in [1.165, 1.54) is 7.11 Å². The number of aromatic nitrogens is 2. The number of carbonyl (C=O) groups is 2. The van der Waals surface area contributed by atoms with Crippen molar-refractivity contribution < 1.29 is 19.1 Å². The van der Waals surface area contributed by atoms with Gasteiger partial charge in [0.2, 0.25) is 5.95 Å². The van der Waals surface area contributed by atoms with Crippen molar-refractivity contribution in [2.45, 2.75) is 38.7 Å². The van der Waals surface area contributed by atoms with E-state index in [1.54, 1.807) is 4.90 Å². The molecule has 1 fully saturated rings. The molecule has 1 amide bonds. The summed E-state index contributed by atoms with van der Waals surface area (Å²) in [6.07, 6.45) is 0.696. The third-order valence-corrected chi connectivity index (χ3v) is 7.45. The molecule has 9 nitrogen and oxygen atoms in total. The van der Waals surface area contributed by atoms with E-state index in [9.17, 15) is 9.59 Å². The van der Waals surface area contributed by atoms with E-state index < -0.39 is 6.16 Å². The highest BCUT2D eigenvalue weighted by Gasteiger charge is 2.29. The number of amides is 1. The van der Waals surface area contributed by atoms with E-state index in [1.807, 2.05) is 54.6 Å². The van der Waals surface area contributed by atoms with Gasteiger partial charge in [0.05, 0.1) is 12.6 Å². The summed E-state index contributed by atoms with van der Waals surface area (Å²) in [5, 5.41) is 0.658. The first-order valence-corrected chi connectivity index (χ1v) is 13.0. The molecule has 3 heterocycles. The number of ether oxygens (including phenoxy) is 2. The molecule has 9 heteroatoms. The van der Waals surface area contributed by atoms with Gasteiger partial charge in [0.15, 0.2) is 6.23 Å². The minimum absolute atomic E-state index is 0.0707. The van der Waals surface area contributed by atoms with Crippen molar-refractivity contribution in [2.24, 2.45) is 0 Å². The van der Waals surface area contributed by atoms with Gasteiger partial charge in [-0.3, -0.25) is 9.69 Å². The maximum atomic E-state index is 13.7. The molecule has 39 heavy (non-hydrogen) atoms. The molecular formula is C30H29N5O4. The summed E-state index contributed by atoms with van der Waals surface area (Å²) in [5.41, 5.74) is 12.3. The molecule has 1 saturated heterocycles. The number of nitrogen functional groups attached to an aromatic ring is 1. The summed E-state index contributed by atoms with van der Waals surface area (Å²) in [6.45, 7) is 2.49. The summed E-state index contributed by atoms with van der Waals surface area (Å²) in [4.78, 5) is 38.2. The molecule has 0 spiro atoms. The highest BCUT2D eigenvalue weighted by Crippen LogP contribution is 2.32. The molecule has 0 saturated carbocycles. The van der Waals surface area contributed by atoms with Gasteiger partial charge in [-0.2, -0.15) is 0 Å². The van der Waals surface area contributed by atoms with Crippen LogP contribution in [-0.2, 0) is 29.1 Å². The normalized spacial score (nSPS) is 16.8. The fraction of sp³-hybridized carbons (Fsp3) is 0.267. The summed E-state index contributed by atoms with van der Waals surface area (Å²) >= 11 is 0. The van der Waals surface area contributed by atoms with Crippen LogP contribution >= 0.6 is 0 Å². The molecule has 1 atom stereocenters. The Morgan fingerprint density at radius 3 is 2.51 bits per heavy atom. The average Bonchev–Trinajstić information content (AvgIpc) is 3.59. The SMILES string of the molecule is COC(=O)OC1CCCN1Cc1ccccc1-c1ccc2nc(N)nc(C(=O)N3Cc4ccccc4C3)c2c1. The van der Waals surface area contributed by atoms with Gasteiger partial charge in [0.1, 0.15) is 5.69 Å². The van der Waals surface area contributed by atoms with E-state index in [2.05, 4.69) is 27.0 Å². The van der Waals surface area contributed by atoms with Crippen molar-refractivity contribution in [3.8, 4) is 11.1 Å². The van der Waals surface area contributed by atoms with E-state index in [0.717, 1.165) is 47.2 Å². The Morgan fingerprint density at radius 2 is 1.74 bits per heavy atom. The maximum absolute atomic E-state index is 13.7. The van der Waals surface area contributed by atoms with Crippen molar-refractivity contribution in [3.05, 3.63) is 89.1 Å². The largest absolute Gasteiger partial charge is 0.509 e. The number of benzene rings is 3. The molecule has 1 aromatic heterocycles. The van der Waals surface area contributed by atoms with Crippen LogP contribution in [-0.4, -0.2) is 51.7 Å². The highest BCUT2D eigenvalue weighted by molar-refractivity contribution is 6.06. The van der Waals surface area contributed by atoms with Gasteiger partial charge >= 0.3 is 6.16 Å². The fourth-order valence-electron chi connectivity index (χ4n) is 5.53. The number of likely N-dealkylation sites (tertiary alicyclic amines) is 1. The Labute approximate surface area is 226 Å². The topological polar surface area (TPSA) is 111 Å². The Hall–Kier alpha value is -4.50. The van der Waals surface area contributed by atoms with Crippen LogP contribution in [0.2, 0.25) is 0 Å². The van der Waals surface area contributed by atoms with Crippen molar-refractivity contribution >= 4 is 28.9 Å². The second kappa shape index (κ2) is 10.3. The van der Waals surface area contributed by atoms with Crippen LogP contribution in [0.1, 0.15) is 40.0 Å². The number of rotatable bonds is 5. The number of fused-ring (bicyclic) bond motifs is 2. The molecule has 0 aliphatic carbocycles. The molecule has 2 aliphatic heterocycles. The zero-order valence-electron chi connectivity index (χ0n) is 21.7. The van der Waals surface area contributed by atoms with Crippen LogP contribution in [0.25, 0.3) is 22.0 Å². The first kappa shape index (κ1) is 24.8. The number of hydrogen-bond acceptors (Lipinski definition) is 8. The van der Waals surface area contributed by atoms with Gasteiger partial charge < -0.3 is 20.1 Å². The van der Waals surface area contributed by atoms with E-state index in [0.29, 0.717) is 36.2 Å². The Balaban J connectivity index is 1.33. The lowest BCUT2D eigenvalue weighted by Gasteiger charge is -2.25. The van der Waals surface area contributed by atoms with E-state index in [4.69, 9.17) is 15.2 Å². The predicted octanol–water partition coefficient (Wildman–Crippen LogP) is 4.74. The van der Waals surface area contributed by atoms with Gasteiger partial charge in [-0.25, -0.2) is 14.8 Å². The molecule has 3 aromatic carbocycles. The first-order valence-electron chi connectivity index (χ1n) is 13.0. The molecule has 4 aromatic rings. The van der Waals surface area contributed by atoms with Crippen LogP contribution in [0.15, 0.2) is 66.7 Å². The van der Waals surface area contributed by atoms with Crippen LogP contribution in [0.4, 0.5) is 10.7 Å². The van der Waals surface area contributed by atoms with Gasteiger partial charge in [-0.05, 0) is 52.8 Å². The Morgan fingerprint density at radius 1 is 1.00 bits per heavy atom. The van der Waals surface area contributed by atoms with Crippen molar-refractivity contribution in [1.29, 1.82) is 0 Å². The van der Waals surface area contributed by atoms with Gasteiger partial charge in [0.25, 0.3) is 5.91 Å². The van der Waals surface area contributed by atoms with Crippen LogP contribution in [0.5, 0.6) is 0 Å². The minimum Gasteiger partial charge on any atom is -0.438 e. The standard InChI is InChI=1S/C30H29N5O4/c1-38-30(37)39-26-11-6-14-34(26)18-22-9-4-5-10-23(22)19-12-13-25-24(15-19)27(33-29(31)32-25)28(36)35-16-20-7-2-3-8-21(20)17-35/h2-5,7-10,12-13,15,26H,6,11,14,16-18H2,1H3,(H2,31,32,33). The number of nitrogens with two attached hydrogens (primary N) is 1. The van der Waals surface area contributed by atoms with Gasteiger partial charge in [-0.15, -0.1) is 0 Å². The van der Waals surface area contributed by atoms with Crippen LogP contribution in [0, 0.1) is 0 Å². The Bertz CT molecular complexity index is 1550. The summed E-state index contributed by atoms with van der Waals surface area (Å²) in [6, 6.07) is 22.0. The maximum Gasteiger partial charge on any atom is 0.509 e. The lowest BCUT2D eigenvalue weighted by molar-refractivity contribution is -0.0247. The highest BCUT2D eigenvalue weighted by atomic mass is 16.7. The van der Waals surface area contributed by atoms with E-state index >= 15 is 0 Å². The molecule has 2 aliphatic rings. The zero-order valence-corrected chi connectivity index (χ0v) is 21.7. The number of hydrogen-bond donors (Lipinski definition) is 1. The summed E-state index contributed by atoms with van der Waals surface area (Å²) < 4.78 is 10.2. The molecule has 198 valence electrons. The van der Waals surface area contributed by atoms with E-state index in [-0.39, 0.29) is 18.1 Å². The van der Waals surface area contributed by atoms with Crippen molar-refractivity contribution in [1.82, 2.24) is 19.8 Å². The quantitative estimate of drug-likeness (QED) is 0.374. The Kier molecular flexibility index (Phi) is 6.58. The number of anilines is 1. The molecule has 0 radical (unpaired) electrons. The van der Waals surface area contributed by atoms with Gasteiger partial charge in [0, 0.05) is 31.6 Å². The monoisotopic (exact) mass is 523 g/mol. The fourth-order valence-corrected chi connectivity index (χ4v) is 5.53. The number of methoxy groups -OCH3 is 1. The summed E-state index contributed by atoms with van der Waals surface area (Å²) in [5.74, 6) is -0.100. The lowest BCUT2D eigenvalue weighted by atomic mass is 9.97. The predicted molar refractivity (Wildman–Crippen MR) is 146 cm³/mol. The van der Waals surface area contributed by atoms with Crippen LogP contribution in [0.3, 0.4) is 0 Å².